The Morgan fingerprint density at radius 1 is 1.61 bits per heavy atom. The van der Waals surface area contributed by atoms with Crippen LogP contribution in [0, 0.1) is 5.92 Å². The summed E-state index contributed by atoms with van der Waals surface area (Å²) in [4.78, 5) is 3.95. The molecule has 18 heavy (non-hydrogen) atoms. The second kappa shape index (κ2) is 5.38. The molecule has 0 radical (unpaired) electrons. The summed E-state index contributed by atoms with van der Waals surface area (Å²) in [6.45, 7) is 6.40. The Morgan fingerprint density at radius 3 is 3.00 bits per heavy atom. The highest BCUT2D eigenvalue weighted by Gasteiger charge is 2.27. The Hall–Kier alpha value is -0.920. The van der Waals surface area contributed by atoms with Crippen molar-refractivity contribution in [2.24, 2.45) is 5.92 Å². The molecule has 7 heteroatoms. The number of imidazole rings is 1. The third-order valence-electron chi connectivity index (χ3n) is 3.34. The molecule has 0 aromatic carbocycles. The molecule has 2 atom stereocenters. The van der Waals surface area contributed by atoms with Gasteiger partial charge in [-0.2, -0.15) is 0 Å². The predicted molar refractivity (Wildman–Crippen MR) is 68.7 cm³/mol. The van der Waals surface area contributed by atoms with Crippen molar-refractivity contribution in [3.05, 3.63) is 12.5 Å². The minimum atomic E-state index is -3.49. The third-order valence-corrected chi connectivity index (χ3v) is 4.72. The summed E-state index contributed by atoms with van der Waals surface area (Å²) < 4.78 is 28.8. The average Bonchev–Trinajstić information content (AvgIpc) is 2.81. The van der Waals surface area contributed by atoms with Crippen molar-refractivity contribution >= 4 is 10.0 Å². The van der Waals surface area contributed by atoms with Crippen molar-refractivity contribution in [2.75, 3.05) is 13.1 Å². The molecule has 2 N–H and O–H groups in total. The van der Waals surface area contributed by atoms with Gasteiger partial charge in [0, 0.05) is 18.8 Å². The molecule has 0 saturated carbocycles. The second-order valence-corrected chi connectivity index (χ2v) is 6.40. The van der Waals surface area contributed by atoms with Crippen molar-refractivity contribution in [1.29, 1.82) is 0 Å². The van der Waals surface area contributed by atoms with Crippen LogP contribution in [-0.4, -0.2) is 37.1 Å². The summed E-state index contributed by atoms with van der Waals surface area (Å²) >= 11 is 0. The topological polar surface area (TPSA) is 76.0 Å². The van der Waals surface area contributed by atoms with Crippen molar-refractivity contribution in [1.82, 2.24) is 19.6 Å². The summed E-state index contributed by atoms with van der Waals surface area (Å²) in [5.74, 6) is 0.293. The number of aromatic nitrogens is 2. The summed E-state index contributed by atoms with van der Waals surface area (Å²) in [5.41, 5.74) is 0. The molecule has 0 amide bonds. The van der Waals surface area contributed by atoms with E-state index in [0.29, 0.717) is 12.5 Å². The standard InChI is InChI=1S/C11H20N4O2S/c1-3-15-7-11(13-8-15)18(16,17)14-10-4-5-12-6-9(10)2/h7-10,12,14H,3-6H2,1-2H3. The molecule has 1 fully saturated rings. The Balaban J connectivity index is 2.11. The molecule has 1 saturated heterocycles. The van der Waals surface area contributed by atoms with E-state index in [9.17, 15) is 8.42 Å². The molecule has 1 aliphatic heterocycles. The zero-order chi connectivity index (χ0) is 13.2. The lowest BCUT2D eigenvalue weighted by molar-refractivity contribution is 0.328. The third kappa shape index (κ3) is 2.90. The number of hydrogen-bond donors (Lipinski definition) is 2. The first-order valence-corrected chi connectivity index (χ1v) is 7.76. The van der Waals surface area contributed by atoms with Crippen LogP contribution in [0.4, 0.5) is 0 Å². The van der Waals surface area contributed by atoms with E-state index in [2.05, 4.69) is 15.0 Å². The fourth-order valence-electron chi connectivity index (χ4n) is 2.10. The van der Waals surface area contributed by atoms with Gasteiger partial charge in [-0.05, 0) is 32.4 Å². The van der Waals surface area contributed by atoms with Crippen LogP contribution in [0.25, 0.3) is 0 Å². The smallest absolute Gasteiger partial charge is 0.259 e. The summed E-state index contributed by atoms with van der Waals surface area (Å²) in [6, 6.07) is -0.0111. The van der Waals surface area contributed by atoms with Gasteiger partial charge in [0.15, 0.2) is 5.03 Å². The Morgan fingerprint density at radius 2 is 2.39 bits per heavy atom. The number of rotatable bonds is 4. The van der Waals surface area contributed by atoms with Gasteiger partial charge >= 0.3 is 0 Å². The molecule has 102 valence electrons. The fourth-order valence-corrected chi connectivity index (χ4v) is 3.43. The zero-order valence-electron chi connectivity index (χ0n) is 10.8. The van der Waals surface area contributed by atoms with Crippen LogP contribution in [0.5, 0.6) is 0 Å². The van der Waals surface area contributed by atoms with Gasteiger partial charge < -0.3 is 9.88 Å². The highest BCUT2D eigenvalue weighted by atomic mass is 32.2. The van der Waals surface area contributed by atoms with Crippen LogP contribution in [0.15, 0.2) is 17.6 Å². The monoisotopic (exact) mass is 272 g/mol. The first-order valence-electron chi connectivity index (χ1n) is 6.27. The molecular formula is C11H20N4O2S. The summed E-state index contributed by atoms with van der Waals surface area (Å²) in [6.07, 6.45) is 3.92. The number of nitrogens with one attached hydrogen (secondary N) is 2. The van der Waals surface area contributed by atoms with Gasteiger partial charge in [0.05, 0.1) is 6.33 Å². The molecule has 2 unspecified atom stereocenters. The van der Waals surface area contributed by atoms with E-state index >= 15 is 0 Å². The quantitative estimate of drug-likeness (QED) is 0.820. The van der Waals surface area contributed by atoms with Gasteiger partial charge in [-0.3, -0.25) is 0 Å². The number of nitrogens with zero attached hydrogens (tertiary/aromatic N) is 2. The average molecular weight is 272 g/mol. The van der Waals surface area contributed by atoms with Crippen molar-refractivity contribution in [3.63, 3.8) is 0 Å². The predicted octanol–water partition coefficient (Wildman–Crippen LogP) is 0.179. The number of hydrogen-bond acceptors (Lipinski definition) is 4. The maximum atomic E-state index is 12.2. The fraction of sp³-hybridized carbons (Fsp3) is 0.727. The maximum absolute atomic E-state index is 12.2. The van der Waals surface area contributed by atoms with Gasteiger partial charge in [0.2, 0.25) is 0 Å². The minimum absolute atomic E-state index is 0.0111. The van der Waals surface area contributed by atoms with Crippen LogP contribution < -0.4 is 10.0 Å². The van der Waals surface area contributed by atoms with Crippen molar-refractivity contribution in [3.8, 4) is 0 Å². The first-order chi connectivity index (χ1) is 8.53. The number of aryl methyl sites for hydroxylation is 1. The normalized spacial score (nSPS) is 25.2. The number of piperidine rings is 1. The molecule has 1 aromatic rings. The Kier molecular flexibility index (Phi) is 4.04. The molecule has 1 aromatic heterocycles. The van der Waals surface area contributed by atoms with Crippen LogP contribution in [0.2, 0.25) is 0 Å². The second-order valence-electron chi connectivity index (χ2n) is 4.74. The summed E-state index contributed by atoms with van der Waals surface area (Å²) in [7, 11) is -3.49. The summed E-state index contributed by atoms with van der Waals surface area (Å²) in [5, 5.41) is 3.36. The molecule has 6 nitrogen and oxygen atoms in total. The lowest BCUT2D eigenvalue weighted by atomic mass is 9.97. The van der Waals surface area contributed by atoms with E-state index in [0.717, 1.165) is 19.5 Å². The molecule has 0 bridgehead atoms. The van der Waals surface area contributed by atoms with E-state index in [1.165, 1.54) is 0 Å². The number of sulfonamides is 1. The van der Waals surface area contributed by atoms with Gasteiger partial charge in [-0.15, -0.1) is 0 Å². The zero-order valence-corrected chi connectivity index (χ0v) is 11.6. The Labute approximate surface area is 108 Å². The van der Waals surface area contributed by atoms with Gasteiger partial charge in [0.1, 0.15) is 0 Å². The largest absolute Gasteiger partial charge is 0.336 e. The van der Waals surface area contributed by atoms with E-state index in [4.69, 9.17) is 0 Å². The molecule has 2 rings (SSSR count). The molecule has 0 aliphatic carbocycles. The van der Waals surface area contributed by atoms with E-state index in [1.807, 2.05) is 13.8 Å². The molecule has 1 aliphatic rings. The van der Waals surface area contributed by atoms with Crippen LogP contribution in [0.1, 0.15) is 20.3 Å². The lowest BCUT2D eigenvalue weighted by Gasteiger charge is -2.29. The minimum Gasteiger partial charge on any atom is -0.336 e. The van der Waals surface area contributed by atoms with Crippen molar-refractivity contribution < 1.29 is 8.42 Å². The van der Waals surface area contributed by atoms with Crippen LogP contribution in [-0.2, 0) is 16.6 Å². The molecular weight excluding hydrogens is 252 g/mol. The van der Waals surface area contributed by atoms with Gasteiger partial charge in [0.25, 0.3) is 10.0 Å². The maximum Gasteiger partial charge on any atom is 0.259 e. The highest BCUT2D eigenvalue weighted by molar-refractivity contribution is 7.89. The van der Waals surface area contributed by atoms with Crippen LogP contribution in [0.3, 0.4) is 0 Å². The van der Waals surface area contributed by atoms with Crippen molar-refractivity contribution in [2.45, 2.75) is 37.9 Å². The highest BCUT2D eigenvalue weighted by Crippen LogP contribution is 2.14. The van der Waals surface area contributed by atoms with E-state index in [1.54, 1.807) is 17.1 Å². The first kappa shape index (κ1) is 13.5. The molecule has 2 heterocycles. The van der Waals surface area contributed by atoms with Gasteiger partial charge in [-0.25, -0.2) is 18.1 Å². The molecule has 0 spiro atoms. The van der Waals surface area contributed by atoms with E-state index in [-0.39, 0.29) is 11.1 Å². The van der Waals surface area contributed by atoms with Gasteiger partial charge in [-0.1, -0.05) is 6.92 Å². The van der Waals surface area contributed by atoms with Crippen LogP contribution >= 0.6 is 0 Å². The SMILES string of the molecule is CCn1cnc(S(=O)(=O)NC2CCNCC2C)c1. The Bertz CT molecular complexity index is 497. The lowest BCUT2D eigenvalue weighted by Crippen LogP contribution is -2.48. The van der Waals surface area contributed by atoms with E-state index < -0.39 is 10.0 Å².